The predicted octanol–water partition coefficient (Wildman–Crippen LogP) is 3.96. The minimum absolute atomic E-state index is 0.265. The van der Waals surface area contributed by atoms with Gasteiger partial charge in [-0.1, -0.05) is 12.1 Å². The first-order valence-corrected chi connectivity index (χ1v) is 9.06. The van der Waals surface area contributed by atoms with Crippen LogP contribution in [0.25, 0.3) is 6.08 Å². The molecule has 0 N–H and O–H groups in total. The van der Waals surface area contributed by atoms with E-state index in [1.165, 1.54) is 28.4 Å². The molecule has 7 nitrogen and oxygen atoms in total. The van der Waals surface area contributed by atoms with E-state index >= 15 is 0 Å². The third-order valence-corrected chi connectivity index (χ3v) is 5.01. The molecule has 0 bridgehead atoms. The zero-order valence-electron chi connectivity index (χ0n) is 15.8. The summed E-state index contributed by atoms with van der Waals surface area (Å²) in [7, 11) is 6.04. The Balaban J connectivity index is 2.03. The number of amides is 2. The first kappa shape index (κ1) is 19.6. The van der Waals surface area contributed by atoms with Crippen molar-refractivity contribution in [1.29, 1.82) is 0 Å². The second-order valence-corrected chi connectivity index (χ2v) is 6.63. The summed E-state index contributed by atoms with van der Waals surface area (Å²) >= 11 is 0.849. The van der Waals surface area contributed by atoms with Crippen LogP contribution in [0.3, 0.4) is 0 Å². The van der Waals surface area contributed by atoms with Gasteiger partial charge in [0.25, 0.3) is 11.1 Å². The molecule has 8 heteroatoms. The highest BCUT2D eigenvalue weighted by Gasteiger charge is 2.38. The standard InChI is InChI=1S/C20H19NO6S/c1-24-14-8-6-5-7-13(14)21-19(22)18(28-20(21)23)10-12-9-16(26-3)17(27-4)11-15(12)25-2/h5-11H,1-4H3. The number of benzene rings is 2. The van der Waals surface area contributed by atoms with Crippen LogP contribution in [0.5, 0.6) is 23.0 Å². The number of para-hydroxylation sites is 2. The van der Waals surface area contributed by atoms with Crippen LogP contribution in [-0.4, -0.2) is 39.6 Å². The summed E-state index contributed by atoms with van der Waals surface area (Å²) < 4.78 is 21.2. The van der Waals surface area contributed by atoms with Crippen molar-refractivity contribution in [1.82, 2.24) is 0 Å². The van der Waals surface area contributed by atoms with E-state index in [0.717, 1.165) is 16.7 Å². The lowest BCUT2D eigenvalue weighted by molar-refractivity contribution is -0.113. The van der Waals surface area contributed by atoms with Crippen molar-refractivity contribution in [3.8, 4) is 23.0 Å². The summed E-state index contributed by atoms with van der Waals surface area (Å²) in [6.07, 6.45) is 1.60. The Morgan fingerprint density at radius 2 is 1.43 bits per heavy atom. The van der Waals surface area contributed by atoms with Gasteiger partial charge >= 0.3 is 0 Å². The minimum atomic E-state index is -0.434. The number of hydrogen-bond donors (Lipinski definition) is 0. The SMILES string of the molecule is COc1cc(OC)c(OC)cc1C=C1SC(=O)N(c2ccccc2OC)C1=O. The predicted molar refractivity (Wildman–Crippen MR) is 108 cm³/mol. The van der Waals surface area contributed by atoms with Crippen LogP contribution in [0.4, 0.5) is 10.5 Å². The molecule has 28 heavy (non-hydrogen) atoms. The Morgan fingerprint density at radius 3 is 2.07 bits per heavy atom. The number of rotatable bonds is 6. The summed E-state index contributed by atoms with van der Waals surface area (Å²) in [5.41, 5.74) is 0.987. The van der Waals surface area contributed by atoms with E-state index in [1.54, 1.807) is 42.5 Å². The lowest BCUT2D eigenvalue weighted by Gasteiger charge is -2.15. The van der Waals surface area contributed by atoms with E-state index in [1.807, 2.05) is 0 Å². The van der Waals surface area contributed by atoms with Crippen LogP contribution in [0.2, 0.25) is 0 Å². The second-order valence-electron chi connectivity index (χ2n) is 5.64. The molecule has 1 aliphatic heterocycles. The molecule has 3 rings (SSSR count). The minimum Gasteiger partial charge on any atom is -0.496 e. The van der Waals surface area contributed by atoms with Crippen LogP contribution >= 0.6 is 11.8 Å². The highest BCUT2D eigenvalue weighted by molar-refractivity contribution is 8.19. The average Bonchev–Trinajstić information content (AvgIpc) is 3.00. The van der Waals surface area contributed by atoms with Gasteiger partial charge in [-0.25, -0.2) is 4.90 Å². The van der Waals surface area contributed by atoms with E-state index in [0.29, 0.717) is 34.2 Å². The molecule has 0 unspecified atom stereocenters. The van der Waals surface area contributed by atoms with Crippen molar-refractivity contribution in [2.24, 2.45) is 0 Å². The van der Waals surface area contributed by atoms with Gasteiger partial charge in [0, 0.05) is 11.6 Å². The molecule has 2 aromatic carbocycles. The Labute approximate surface area is 166 Å². The molecule has 0 spiro atoms. The van der Waals surface area contributed by atoms with E-state index in [9.17, 15) is 9.59 Å². The number of nitrogens with zero attached hydrogens (tertiary/aromatic N) is 1. The van der Waals surface area contributed by atoms with Crippen LogP contribution in [0, 0.1) is 0 Å². The van der Waals surface area contributed by atoms with Crippen LogP contribution in [-0.2, 0) is 4.79 Å². The fraction of sp³-hybridized carbons (Fsp3) is 0.200. The maximum absolute atomic E-state index is 12.9. The summed E-state index contributed by atoms with van der Waals surface area (Å²) in [5, 5.41) is -0.403. The molecule has 1 heterocycles. The fourth-order valence-electron chi connectivity index (χ4n) is 2.80. The van der Waals surface area contributed by atoms with E-state index in [2.05, 4.69) is 0 Å². The molecule has 146 valence electrons. The zero-order valence-corrected chi connectivity index (χ0v) is 16.7. The highest BCUT2D eigenvalue weighted by atomic mass is 32.2. The molecule has 1 saturated heterocycles. The number of anilines is 1. The zero-order chi connectivity index (χ0) is 20.3. The maximum Gasteiger partial charge on any atom is 0.298 e. The molecule has 2 aromatic rings. The summed E-state index contributed by atoms with van der Waals surface area (Å²) in [5.74, 6) is 1.48. The summed E-state index contributed by atoms with van der Waals surface area (Å²) in [6, 6.07) is 10.2. The average molecular weight is 401 g/mol. The molecule has 0 radical (unpaired) electrons. The molecule has 1 aliphatic rings. The Bertz CT molecular complexity index is 956. The Morgan fingerprint density at radius 1 is 0.821 bits per heavy atom. The quantitative estimate of drug-likeness (QED) is 0.678. The number of carbonyl (C=O) groups excluding carboxylic acids is 2. The smallest absolute Gasteiger partial charge is 0.298 e. The number of ether oxygens (including phenoxy) is 4. The summed E-state index contributed by atoms with van der Waals surface area (Å²) in [4.78, 5) is 26.8. The van der Waals surface area contributed by atoms with Gasteiger partial charge in [-0.05, 0) is 36.0 Å². The van der Waals surface area contributed by atoms with Gasteiger partial charge < -0.3 is 18.9 Å². The van der Waals surface area contributed by atoms with Gasteiger partial charge in [-0.3, -0.25) is 9.59 Å². The monoisotopic (exact) mass is 401 g/mol. The highest BCUT2D eigenvalue weighted by Crippen LogP contribution is 2.41. The van der Waals surface area contributed by atoms with Gasteiger partial charge in [-0.15, -0.1) is 0 Å². The normalized spacial score (nSPS) is 15.1. The Hall–Kier alpha value is -3.13. The van der Waals surface area contributed by atoms with Gasteiger partial charge in [0.15, 0.2) is 11.5 Å². The van der Waals surface area contributed by atoms with Gasteiger partial charge in [0.05, 0.1) is 39.0 Å². The molecule has 0 atom stereocenters. The third kappa shape index (κ3) is 3.50. The lowest BCUT2D eigenvalue weighted by atomic mass is 10.1. The second kappa shape index (κ2) is 8.26. The van der Waals surface area contributed by atoms with Crippen molar-refractivity contribution in [3.63, 3.8) is 0 Å². The largest absolute Gasteiger partial charge is 0.496 e. The third-order valence-electron chi connectivity index (χ3n) is 4.14. The molecule has 0 saturated carbocycles. The number of carbonyl (C=O) groups is 2. The summed E-state index contributed by atoms with van der Waals surface area (Å²) in [6.45, 7) is 0. The molecule has 0 aliphatic carbocycles. The van der Waals surface area contributed by atoms with Crippen molar-refractivity contribution in [3.05, 3.63) is 46.9 Å². The molecule has 2 amide bonds. The number of thioether (sulfide) groups is 1. The first-order chi connectivity index (χ1) is 13.5. The van der Waals surface area contributed by atoms with Crippen molar-refractivity contribution in [2.45, 2.75) is 0 Å². The molecular formula is C20H19NO6S. The van der Waals surface area contributed by atoms with E-state index in [-0.39, 0.29) is 4.91 Å². The lowest BCUT2D eigenvalue weighted by Crippen LogP contribution is -2.28. The topological polar surface area (TPSA) is 74.3 Å². The number of hydrogen-bond acceptors (Lipinski definition) is 7. The van der Waals surface area contributed by atoms with E-state index < -0.39 is 11.1 Å². The van der Waals surface area contributed by atoms with Crippen LogP contribution < -0.4 is 23.8 Å². The first-order valence-electron chi connectivity index (χ1n) is 8.25. The number of imide groups is 1. The molecule has 1 fully saturated rings. The molecule has 0 aromatic heterocycles. The van der Waals surface area contributed by atoms with Crippen molar-refractivity contribution < 1.29 is 28.5 Å². The molecular weight excluding hydrogens is 382 g/mol. The fourth-order valence-corrected chi connectivity index (χ4v) is 3.62. The van der Waals surface area contributed by atoms with Gasteiger partial charge in [0.1, 0.15) is 11.5 Å². The van der Waals surface area contributed by atoms with Crippen molar-refractivity contribution >= 4 is 34.7 Å². The number of methoxy groups -OCH3 is 4. The van der Waals surface area contributed by atoms with Gasteiger partial charge in [0.2, 0.25) is 0 Å². The Kier molecular flexibility index (Phi) is 5.79. The van der Waals surface area contributed by atoms with Gasteiger partial charge in [-0.2, -0.15) is 0 Å². The maximum atomic E-state index is 12.9. The van der Waals surface area contributed by atoms with E-state index in [4.69, 9.17) is 18.9 Å². The van der Waals surface area contributed by atoms with Crippen LogP contribution in [0.1, 0.15) is 5.56 Å². The van der Waals surface area contributed by atoms with Crippen LogP contribution in [0.15, 0.2) is 41.3 Å². The van der Waals surface area contributed by atoms with Crippen molar-refractivity contribution in [2.75, 3.05) is 33.3 Å².